The van der Waals surface area contributed by atoms with Crippen molar-refractivity contribution < 1.29 is 23.1 Å². The number of rotatable bonds is 7. The minimum atomic E-state index is -0.910. The Labute approximate surface area is 126 Å². The summed E-state index contributed by atoms with van der Waals surface area (Å²) in [7, 11) is 1.26. The van der Waals surface area contributed by atoms with E-state index in [2.05, 4.69) is 4.74 Å². The average Bonchev–Trinajstić information content (AvgIpc) is 2.47. The van der Waals surface area contributed by atoms with Gasteiger partial charge in [0.15, 0.2) is 11.6 Å². The van der Waals surface area contributed by atoms with Crippen LogP contribution in [0.1, 0.15) is 13.3 Å². The number of benzene rings is 1. The van der Waals surface area contributed by atoms with E-state index in [4.69, 9.17) is 0 Å². The molecule has 0 aliphatic heterocycles. The Morgan fingerprint density at radius 2 is 2.00 bits per heavy atom. The summed E-state index contributed by atoms with van der Waals surface area (Å²) in [6, 6.07) is 3.60. The standard InChI is InChI=1S/C14H17F2NO3S/c1-3-17(9-14(19)20-2)13(18)6-7-21-10-4-5-11(15)12(16)8-10/h4-5,8H,3,6-7,9H2,1-2H3. The Morgan fingerprint density at radius 1 is 1.29 bits per heavy atom. The van der Waals surface area contributed by atoms with Gasteiger partial charge in [-0.05, 0) is 25.1 Å². The van der Waals surface area contributed by atoms with E-state index in [0.717, 1.165) is 12.1 Å². The minimum Gasteiger partial charge on any atom is -0.468 e. The van der Waals surface area contributed by atoms with E-state index < -0.39 is 17.6 Å². The number of methoxy groups -OCH3 is 1. The normalized spacial score (nSPS) is 10.3. The molecule has 0 radical (unpaired) electrons. The first-order valence-electron chi connectivity index (χ1n) is 6.40. The van der Waals surface area contributed by atoms with Crippen molar-refractivity contribution in [2.75, 3.05) is 26.0 Å². The van der Waals surface area contributed by atoms with Crippen LogP contribution in [0.5, 0.6) is 0 Å². The molecule has 0 atom stereocenters. The maximum Gasteiger partial charge on any atom is 0.325 e. The van der Waals surface area contributed by atoms with Gasteiger partial charge in [-0.3, -0.25) is 9.59 Å². The lowest BCUT2D eigenvalue weighted by molar-refractivity contribution is -0.146. The van der Waals surface area contributed by atoms with Gasteiger partial charge in [0.05, 0.1) is 7.11 Å². The highest BCUT2D eigenvalue weighted by Crippen LogP contribution is 2.21. The van der Waals surface area contributed by atoms with Gasteiger partial charge in [-0.2, -0.15) is 0 Å². The molecule has 7 heteroatoms. The molecule has 1 aromatic carbocycles. The van der Waals surface area contributed by atoms with Gasteiger partial charge in [-0.1, -0.05) is 0 Å². The van der Waals surface area contributed by atoms with Gasteiger partial charge in [0.25, 0.3) is 0 Å². The summed E-state index contributed by atoms with van der Waals surface area (Å²) in [6.07, 6.45) is 0.203. The molecular formula is C14H17F2NO3S. The first kappa shape index (κ1) is 17.4. The van der Waals surface area contributed by atoms with Crippen LogP contribution in [0.3, 0.4) is 0 Å². The fourth-order valence-corrected chi connectivity index (χ4v) is 2.44. The number of ether oxygens (including phenoxy) is 1. The van der Waals surface area contributed by atoms with Crippen molar-refractivity contribution in [2.45, 2.75) is 18.2 Å². The Kier molecular flexibility index (Phi) is 7.14. The molecule has 0 saturated heterocycles. The zero-order valence-corrected chi connectivity index (χ0v) is 12.7. The number of carbonyl (C=O) groups is 2. The Balaban J connectivity index is 2.44. The molecule has 116 valence electrons. The highest BCUT2D eigenvalue weighted by atomic mass is 32.2. The third-order valence-corrected chi connectivity index (χ3v) is 3.75. The second-order valence-corrected chi connectivity index (χ2v) is 5.33. The number of halogens is 2. The quantitative estimate of drug-likeness (QED) is 0.572. The van der Waals surface area contributed by atoms with E-state index in [0.29, 0.717) is 17.2 Å². The SMILES string of the molecule is CCN(CC(=O)OC)C(=O)CCSc1ccc(F)c(F)c1. The van der Waals surface area contributed by atoms with Crippen molar-refractivity contribution in [2.24, 2.45) is 0 Å². The van der Waals surface area contributed by atoms with E-state index in [1.165, 1.54) is 29.8 Å². The molecule has 0 aliphatic carbocycles. The maximum atomic E-state index is 13.0. The molecule has 0 aromatic heterocycles. The van der Waals surface area contributed by atoms with Crippen LogP contribution in [0.25, 0.3) is 0 Å². The van der Waals surface area contributed by atoms with Crippen molar-refractivity contribution in [3.05, 3.63) is 29.8 Å². The topological polar surface area (TPSA) is 46.6 Å². The van der Waals surface area contributed by atoms with Crippen LogP contribution < -0.4 is 0 Å². The van der Waals surface area contributed by atoms with Crippen molar-refractivity contribution in [1.82, 2.24) is 4.90 Å². The van der Waals surface area contributed by atoms with Crippen LogP contribution >= 0.6 is 11.8 Å². The molecule has 0 bridgehead atoms. The van der Waals surface area contributed by atoms with Gasteiger partial charge in [0, 0.05) is 23.6 Å². The molecule has 0 fully saturated rings. The average molecular weight is 317 g/mol. The summed E-state index contributed by atoms with van der Waals surface area (Å²) < 4.78 is 30.3. The first-order chi connectivity index (χ1) is 9.97. The molecule has 1 amide bonds. The molecule has 0 unspecified atom stereocenters. The predicted molar refractivity (Wildman–Crippen MR) is 76.0 cm³/mol. The Bertz CT molecular complexity index is 511. The van der Waals surface area contributed by atoms with E-state index in [1.54, 1.807) is 6.92 Å². The van der Waals surface area contributed by atoms with Crippen LogP contribution in [0.2, 0.25) is 0 Å². The van der Waals surface area contributed by atoms with Gasteiger partial charge < -0.3 is 9.64 Å². The zero-order valence-electron chi connectivity index (χ0n) is 11.9. The second-order valence-electron chi connectivity index (χ2n) is 4.16. The number of thioether (sulfide) groups is 1. The summed E-state index contributed by atoms with van der Waals surface area (Å²) in [5.74, 6) is -2.05. The first-order valence-corrected chi connectivity index (χ1v) is 7.39. The molecule has 0 heterocycles. The molecule has 0 saturated carbocycles. The summed E-state index contributed by atoms with van der Waals surface area (Å²) in [4.78, 5) is 25.0. The van der Waals surface area contributed by atoms with Crippen LogP contribution in [0, 0.1) is 11.6 Å². The highest BCUT2D eigenvalue weighted by Gasteiger charge is 2.15. The third-order valence-electron chi connectivity index (χ3n) is 2.76. The Hall–Kier alpha value is -1.63. The minimum absolute atomic E-state index is 0.0817. The molecule has 1 rings (SSSR count). The zero-order chi connectivity index (χ0) is 15.8. The van der Waals surface area contributed by atoms with Crippen LogP contribution in [-0.4, -0.2) is 42.7 Å². The number of carbonyl (C=O) groups excluding carboxylic acids is 2. The summed E-state index contributed by atoms with van der Waals surface area (Å²) in [6.45, 7) is 2.09. The number of hydrogen-bond acceptors (Lipinski definition) is 4. The summed E-state index contributed by atoms with van der Waals surface area (Å²) >= 11 is 1.25. The Morgan fingerprint density at radius 3 is 2.57 bits per heavy atom. The molecule has 0 N–H and O–H groups in total. The lowest BCUT2D eigenvalue weighted by Crippen LogP contribution is -2.36. The largest absolute Gasteiger partial charge is 0.468 e. The van der Waals surface area contributed by atoms with Gasteiger partial charge in [0.2, 0.25) is 5.91 Å². The number of likely N-dealkylation sites (N-methyl/N-ethyl adjacent to an activating group) is 1. The number of esters is 1. The molecule has 1 aromatic rings. The van der Waals surface area contributed by atoms with Crippen LogP contribution in [-0.2, 0) is 14.3 Å². The van der Waals surface area contributed by atoms with E-state index in [-0.39, 0.29) is 18.9 Å². The molecule has 21 heavy (non-hydrogen) atoms. The predicted octanol–water partition coefficient (Wildman–Crippen LogP) is 2.47. The summed E-state index contributed by atoms with van der Waals surface area (Å²) in [5.41, 5.74) is 0. The lowest BCUT2D eigenvalue weighted by Gasteiger charge is -2.19. The number of hydrogen-bond donors (Lipinski definition) is 0. The second kappa shape index (κ2) is 8.61. The smallest absolute Gasteiger partial charge is 0.325 e. The monoisotopic (exact) mass is 317 g/mol. The van der Waals surface area contributed by atoms with Crippen molar-refractivity contribution >= 4 is 23.6 Å². The van der Waals surface area contributed by atoms with Gasteiger partial charge in [0.1, 0.15) is 6.54 Å². The van der Waals surface area contributed by atoms with Crippen molar-refractivity contribution in [1.29, 1.82) is 0 Å². The van der Waals surface area contributed by atoms with E-state index in [1.807, 2.05) is 0 Å². The molecule has 0 spiro atoms. The van der Waals surface area contributed by atoms with Gasteiger partial charge in [-0.15, -0.1) is 11.8 Å². The maximum absolute atomic E-state index is 13.0. The lowest BCUT2D eigenvalue weighted by atomic mass is 10.3. The van der Waals surface area contributed by atoms with E-state index >= 15 is 0 Å². The molecule has 4 nitrogen and oxygen atoms in total. The van der Waals surface area contributed by atoms with Gasteiger partial charge >= 0.3 is 5.97 Å². The van der Waals surface area contributed by atoms with Crippen LogP contribution in [0.15, 0.2) is 23.1 Å². The fraction of sp³-hybridized carbons (Fsp3) is 0.429. The fourth-order valence-electron chi connectivity index (χ4n) is 1.58. The summed E-state index contributed by atoms with van der Waals surface area (Å²) in [5, 5.41) is 0. The molecule has 0 aliphatic rings. The van der Waals surface area contributed by atoms with Crippen molar-refractivity contribution in [3.63, 3.8) is 0 Å². The van der Waals surface area contributed by atoms with Crippen molar-refractivity contribution in [3.8, 4) is 0 Å². The van der Waals surface area contributed by atoms with Crippen LogP contribution in [0.4, 0.5) is 8.78 Å². The highest BCUT2D eigenvalue weighted by molar-refractivity contribution is 7.99. The molecular weight excluding hydrogens is 300 g/mol. The van der Waals surface area contributed by atoms with Gasteiger partial charge in [-0.25, -0.2) is 8.78 Å². The third kappa shape index (κ3) is 5.71. The number of amides is 1. The number of nitrogens with zero attached hydrogens (tertiary/aromatic N) is 1. The van der Waals surface area contributed by atoms with E-state index in [9.17, 15) is 18.4 Å².